The Morgan fingerprint density at radius 1 is 1.24 bits per heavy atom. The number of halogens is 3. The van der Waals surface area contributed by atoms with Crippen molar-refractivity contribution in [2.75, 3.05) is 0 Å². The number of hydrogen-bond acceptors (Lipinski definition) is 4. The van der Waals surface area contributed by atoms with Crippen molar-refractivity contribution in [2.45, 2.75) is 32.0 Å². The largest absolute Gasteiger partial charge is 0.297 e. The van der Waals surface area contributed by atoms with Crippen LogP contribution in [0.4, 0.5) is 8.78 Å². The fourth-order valence-corrected chi connectivity index (χ4v) is 2.84. The minimum absolute atomic E-state index is 0.00308. The molecule has 0 fully saturated rings. The van der Waals surface area contributed by atoms with E-state index in [9.17, 15) is 17.2 Å². The van der Waals surface area contributed by atoms with Gasteiger partial charge in [-0.3, -0.25) is 4.57 Å². The predicted octanol–water partition coefficient (Wildman–Crippen LogP) is 2.87. The normalized spacial score (nSPS) is 11.9. The molecule has 0 N–H and O–H groups in total. The van der Waals surface area contributed by atoms with E-state index in [0.717, 1.165) is 6.07 Å². The van der Waals surface area contributed by atoms with Crippen molar-refractivity contribution in [3.63, 3.8) is 0 Å². The molecule has 0 unspecified atom stereocenters. The minimum atomic E-state index is -4.11. The third kappa shape index (κ3) is 3.06. The van der Waals surface area contributed by atoms with E-state index in [1.807, 2.05) is 0 Å². The highest BCUT2D eigenvalue weighted by Gasteiger charge is 2.24. The van der Waals surface area contributed by atoms with Gasteiger partial charge < -0.3 is 0 Å². The second-order valence-electron chi connectivity index (χ2n) is 4.48. The van der Waals surface area contributed by atoms with Gasteiger partial charge in [0.05, 0.1) is 5.56 Å². The Labute approximate surface area is 125 Å². The van der Waals surface area contributed by atoms with E-state index in [1.165, 1.54) is 17.6 Å². The van der Waals surface area contributed by atoms with Gasteiger partial charge in [0.25, 0.3) is 14.2 Å². The van der Waals surface area contributed by atoms with E-state index in [-0.39, 0.29) is 23.5 Å². The average molecular weight is 336 g/mol. The number of benzene rings is 1. The summed E-state index contributed by atoms with van der Waals surface area (Å²) in [5.74, 6) is -1.54. The molecular weight excluding hydrogens is 324 g/mol. The Morgan fingerprint density at radius 2 is 1.90 bits per heavy atom. The molecule has 0 saturated heterocycles. The zero-order valence-electron chi connectivity index (χ0n) is 11.3. The van der Waals surface area contributed by atoms with E-state index in [2.05, 4.69) is 10.2 Å². The highest BCUT2D eigenvalue weighted by Crippen LogP contribution is 2.27. The van der Waals surface area contributed by atoms with Crippen LogP contribution in [0.5, 0.6) is 0 Å². The lowest BCUT2D eigenvalue weighted by Crippen LogP contribution is -2.08. The van der Waals surface area contributed by atoms with Crippen molar-refractivity contribution >= 4 is 19.7 Å². The van der Waals surface area contributed by atoms with Crippen molar-refractivity contribution in [1.82, 2.24) is 14.8 Å². The molecule has 21 heavy (non-hydrogen) atoms. The van der Waals surface area contributed by atoms with Crippen LogP contribution < -0.4 is 0 Å². The summed E-state index contributed by atoms with van der Waals surface area (Å²) in [7, 11) is 1.18. The molecule has 2 rings (SSSR count). The molecule has 0 amide bonds. The van der Waals surface area contributed by atoms with Gasteiger partial charge in [0.1, 0.15) is 11.6 Å². The molecule has 0 aliphatic rings. The second-order valence-corrected chi connectivity index (χ2v) is 6.94. The van der Waals surface area contributed by atoms with Crippen LogP contribution in [0.15, 0.2) is 17.3 Å². The molecule has 1 aromatic carbocycles. The van der Waals surface area contributed by atoms with Gasteiger partial charge in [0.2, 0.25) is 0 Å². The van der Waals surface area contributed by atoms with Crippen LogP contribution in [0.3, 0.4) is 0 Å². The first kappa shape index (κ1) is 15.8. The van der Waals surface area contributed by atoms with Crippen LogP contribution >= 0.6 is 10.7 Å². The van der Waals surface area contributed by atoms with Crippen molar-refractivity contribution in [2.24, 2.45) is 0 Å². The second kappa shape index (κ2) is 5.69. The maximum absolute atomic E-state index is 13.9. The van der Waals surface area contributed by atoms with Crippen LogP contribution in [0.2, 0.25) is 0 Å². The van der Waals surface area contributed by atoms with Crippen LogP contribution in [0.25, 0.3) is 11.4 Å². The van der Waals surface area contributed by atoms with Gasteiger partial charge in [-0.1, -0.05) is 6.92 Å². The number of aryl methyl sites for hydroxylation is 1. The van der Waals surface area contributed by atoms with Crippen LogP contribution in [0, 0.1) is 18.6 Å². The molecule has 114 valence electrons. The maximum atomic E-state index is 13.9. The van der Waals surface area contributed by atoms with Gasteiger partial charge in [-0.2, -0.15) is 0 Å². The first-order chi connectivity index (χ1) is 9.75. The third-order valence-corrected chi connectivity index (χ3v) is 4.02. The van der Waals surface area contributed by atoms with Crippen LogP contribution in [-0.2, 0) is 15.6 Å². The number of nitrogens with zero attached hydrogens (tertiary/aromatic N) is 3. The van der Waals surface area contributed by atoms with Gasteiger partial charge >= 0.3 is 0 Å². The maximum Gasteiger partial charge on any atom is 0.296 e. The lowest BCUT2D eigenvalue weighted by atomic mass is 10.1. The number of rotatable bonds is 4. The van der Waals surface area contributed by atoms with E-state index < -0.39 is 25.8 Å². The van der Waals surface area contributed by atoms with Crippen molar-refractivity contribution < 1.29 is 17.2 Å². The van der Waals surface area contributed by atoms with Crippen molar-refractivity contribution in [3.05, 3.63) is 29.3 Å². The Hall–Kier alpha value is -1.54. The smallest absolute Gasteiger partial charge is 0.296 e. The Bertz CT molecular complexity index is 790. The molecule has 0 aliphatic carbocycles. The Kier molecular flexibility index (Phi) is 4.29. The summed E-state index contributed by atoms with van der Waals surface area (Å²) in [4.78, 5) is 0. The predicted molar refractivity (Wildman–Crippen MR) is 73.4 cm³/mol. The molecular formula is C12H12ClF2N3O2S. The summed E-state index contributed by atoms with van der Waals surface area (Å²) >= 11 is 0. The fraction of sp³-hybridized carbons (Fsp3) is 0.333. The molecule has 0 spiro atoms. The van der Waals surface area contributed by atoms with E-state index in [0.29, 0.717) is 6.42 Å². The molecule has 1 aromatic heterocycles. The fourth-order valence-electron chi connectivity index (χ4n) is 1.92. The van der Waals surface area contributed by atoms with E-state index >= 15 is 0 Å². The van der Waals surface area contributed by atoms with E-state index in [1.54, 1.807) is 6.92 Å². The van der Waals surface area contributed by atoms with Crippen LogP contribution in [0.1, 0.15) is 18.9 Å². The summed E-state index contributed by atoms with van der Waals surface area (Å²) < 4.78 is 51.4. The number of hydrogen-bond donors (Lipinski definition) is 0. The minimum Gasteiger partial charge on any atom is -0.297 e. The van der Waals surface area contributed by atoms with Crippen molar-refractivity contribution in [1.29, 1.82) is 0 Å². The first-order valence-electron chi connectivity index (χ1n) is 6.09. The zero-order valence-corrected chi connectivity index (χ0v) is 12.8. The molecule has 0 aliphatic heterocycles. The summed E-state index contributed by atoms with van der Waals surface area (Å²) in [6.07, 6.45) is 0.562. The summed E-state index contributed by atoms with van der Waals surface area (Å²) in [5.41, 5.74) is 0.189. The molecule has 0 saturated carbocycles. The number of aromatic nitrogens is 3. The van der Waals surface area contributed by atoms with Crippen molar-refractivity contribution in [3.8, 4) is 11.4 Å². The summed E-state index contributed by atoms with van der Waals surface area (Å²) in [6, 6.07) is 1.98. The van der Waals surface area contributed by atoms with E-state index in [4.69, 9.17) is 10.7 Å². The highest BCUT2D eigenvalue weighted by atomic mass is 35.7. The molecule has 9 heteroatoms. The molecule has 1 heterocycles. The third-order valence-electron chi connectivity index (χ3n) is 2.87. The van der Waals surface area contributed by atoms with Crippen LogP contribution in [-0.4, -0.2) is 23.2 Å². The molecule has 5 nitrogen and oxygen atoms in total. The molecule has 0 radical (unpaired) electrons. The Morgan fingerprint density at radius 3 is 2.48 bits per heavy atom. The van der Waals surface area contributed by atoms with Gasteiger partial charge in [0, 0.05) is 23.3 Å². The average Bonchev–Trinajstić information content (AvgIpc) is 2.78. The van der Waals surface area contributed by atoms with Gasteiger partial charge in [0.15, 0.2) is 5.82 Å². The lowest BCUT2D eigenvalue weighted by Gasteiger charge is -2.09. The summed E-state index contributed by atoms with van der Waals surface area (Å²) in [5, 5.41) is 6.74. The van der Waals surface area contributed by atoms with Gasteiger partial charge in [-0.15, -0.1) is 10.2 Å². The lowest BCUT2D eigenvalue weighted by molar-refractivity contribution is 0.563. The molecule has 2 aromatic rings. The van der Waals surface area contributed by atoms with Gasteiger partial charge in [-0.05, 0) is 25.0 Å². The summed E-state index contributed by atoms with van der Waals surface area (Å²) in [6.45, 7) is 3.51. The standard InChI is InChI=1S/C12H12ClF2N3O2S/c1-3-4-18-11(16-17-12(18)21(13,19)20)8-5-7(2)9(14)6-10(8)15/h5-6H,3-4H2,1-2H3. The topological polar surface area (TPSA) is 64.8 Å². The quantitative estimate of drug-likeness (QED) is 0.806. The monoisotopic (exact) mass is 335 g/mol. The highest BCUT2D eigenvalue weighted by molar-refractivity contribution is 8.13. The first-order valence-corrected chi connectivity index (χ1v) is 8.40. The molecule has 0 atom stereocenters. The Balaban J connectivity index is 2.70. The van der Waals surface area contributed by atoms with Gasteiger partial charge in [-0.25, -0.2) is 17.2 Å². The zero-order chi connectivity index (χ0) is 15.8. The molecule has 0 bridgehead atoms. The SMILES string of the molecule is CCCn1c(-c2cc(C)c(F)cc2F)nnc1S(=O)(=O)Cl.